The number of carboxylic acid groups (broad SMARTS) is 1. The molecule has 0 aliphatic rings. The molecule has 0 atom stereocenters. The van der Waals surface area contributed by atoms with Crippen molar-refractivity contribution in [1.82, 2.24) is 0 Å². The van der Waals surface area contributed by atoms with Crippen LogP contribution in [0.25, 0.3) is 11.3 Å². The van der Waals surface area contributed by atoms with Crippen molar-refractivity contribution < 1.29 is 27.9 Å². The Balaban J connectivity index is 2.45. The lowest BCUT2D eigenvalue weighted by molar-refractivity contribution is -0.136. The Morgan fingerprint density at radius 2 is 1.95 bits per heavy atom. The highest BCUT2D eigenvalue weighted by Gasteiger charge is 2.18. The lowest BCUT2D eigenvalue weighted by Crippen LogP contribution is -2.04. The number of aldehydes is 1. The minimum absolute atomic E-state index is 0.000347. The van der Waals surface area contributed by atoms with Crippen LogP contribution in [0.2, 0.25) is 0 Å². The Morgan fingerprint density at radius 1 is 1.21 bits per heavy atom. The fraction of sp³-hybridized carbons (Fsp3) is 0.0769. The van der Waals surface area contributed by atoms with Crippen LogP contribution in [-0.4, -0.2) is 17.4 Å². The topological polar surface area (TPSA) is 67.5 Å². The first-order valence-electron chi connectivity index (χ1n) is 5.27. The first-order valence-corrected chi connectivity index (χ1v) is 5.27. The van der Waals surface area contributed by atoms with Gasteiger partial charge >= 0.3 is 5.97 Å². The quantitative estimate of drug-likeness (QED) is 0.864. The highest BCUT2D eigenvalue weighted by Crippen LogP contribution is 2.27. The monoisotopic (exact) mass is 266 g/mol. The number of hydrogen-bond donors (Lipinski definition) is 1. The molecular formula is C13H8F2O4. The number of aliphatic carboxylic acids is 1. The molecule has 0 bridgehead atoms. The van der Waals surface area contributed by atoms with Crippen molar-refractivity contribution in [3.63, 3.8) is 0 Å². The third-order valence-corrected chi connectivity index (χ3v) is 2.51. The molecule has 0 saturated heterocycles. The van der Waals surface area contributed by atoms with E-state index in [1.165, 1.54) is 24.3 Å². The van der Waals surface area contributed by atoms with Crippen molar-refractivity contribution in [1.29, 1.82) is 0 Å². The van der Waals surface area contributed by atoms with Crippen LogP contribution in [0, 0.1) is 11.6 Å². The fourth-order valence-corrected chi connectivity index (χ4v) is 1.64. The van der Waals surface area contributed by atoms with E-state index in [1.807, 2.05) is 0 Å². The maximum Gasteiger partial charge on any atom is 0.307 e. The molecule has 1 N–H and O–H groups in total. The Morgan fingerprint density at radius 3 is 2.53 bits per heavy atom. The summed E-state index contributed by atoms with van der Waals surface area (Å²) in [6, 6.07) is 5.04. The van der Waals surface area contributed by atoms with E-state index in [9.17, 15) is 18.4 Å². The molecular weight excluding hydrogens is 258 g/mol. The van der Waals surface area contributed by atoms with Gasteiger partial charge in [0.25, 0.3) is 0 Å². The molecule has 1 aromatic carbocycles. The van der Waals surface area contributed by atoms with Crippen LogP contribution in [0.15, 0.2) is 28.7 Å². The number of hydrogen-bond acceptors (Lipinski definition) is 3. The van der Waals surface area contributed by atoms with Crippen molar-refractivity contribution in [2.24, 2.45) is 0 Å². The van der Waals surface area contributed by atoms with Crippen LogP contribution >= 0.6 is 0 Å². The number of rotatable bonds is 4. The molecule has 0 spiro atoms. The minimum atomic E-state index is -1.26. The maximum absolute atomic E-state index is 13.8. The minimum Gasteiger partial charge on any atom is -0.481 e. The second kappa shape index (κ2) is 5.01. The summed E-state index contributed by atoms with van der Waals surface area (Å²) in [6.07, 6.45) is -0.169. The lowest BCUT2D eigenvalue weighted by atomic mass is 10.1. The average molecular weight is 266 g/mol. The van der Waals surface area contributed by atoms with Gasteiger partial charge in [-0.15, -0.1) is 0 Å². The van der Waals surface area contributed by atoms with Gasteiger partial charge in [0.05, 0.1) is 12.0 Å². The molecule has 1 heterocycles. The standard InChI is InChI=1S/C13H8F2O4/c14-12-7(5-11(17)18)1-3-9(13(12)15)10-4-2-8(6-16)19-10/h1-4,6H,5H2,(H,17,18). The van der Waals surface area contributed by atoms with Crippen LogP contribution in [0.1, 0.15) is 16.1 Å². The summed E-state index contributed by atoms with van der Waals surface area (Å²) < 4.78 is 32.4. The van der Waals surface area contributed by atoms with Gasteiger partial charge in [-0.05, 0) is 18.2 Å². The zero-order valence-electron chi connectivity index (χ0n) is 9.52. The van der Waals surface area contributed by atoms with E-state index in [4.69, 9.17) is 9.52 Å². The van der Waals surface area contributed by atoms with Crippen molar-refractivity contribution in [2.45, 2.75) is 6.42 Å². The number of benzene rings is 1. The summed E-state index contributed by atoms with van der Waals surface area (Å²) in [4.78, 5) is 20.9. The summed E-state index contributed by atoms with van der Waals surface area (Å²) in [5.41, 5.74) is -0.421. The summed E-state index contributed by atoms with van der Waals surface area (Å²) >= 11 is 0. The van der Waals surface area contributed by atoms with E-state index in [2.05, 4.69) is 0 Å². The molecule has 0 aliphatic heterocycles. The van der Waals surface area contributed by atoms with Crippen LogP contribution in [0.5, 0.6) is 0 Å². The molecule has 0 saturated carbocycles. The normalized spacial score (nSPS) is 10.4. The number of carbonyl (C=O) groups is 2. The molecule has 4 nitrogen and oxygen atoms in total. The van der Waals surface area contributed by atoms with E-state index in [0.717, 1.165) is 0 Å². The zero-order valence-corrected chi connectivity index (χ0v) is 9.52. The largest absolute Gasteiger partial charge is 0.481 e. The summed E-state index contributed by atoms with van der Waals surface area (Å²) in [5.74, 6) is -3.70. The number of furan rings is 1. The van der Waals surface area contributed by atoms with Gasteiger partial charge in [-0.3, -0.25) is 9.59 Å². The van der Waals surface area contributed by atoms with Crippen LogP contribution in [-0.2, 0) is 11.2 Å². The molecule has 2 aromatic rings. The van der Waals surface area contributed by atoms with Crippen molar-refractivity contribution in [3.8, 4) is 11.3 Å². The number of halogens is 2. The van der Waals surface area contributed by atoms with Gasteiger partial charge in [-0.25, -0.2) is 8.78 Å². The zero-order chi connectivity index (χ0) is 14.0. The smallest absolute Gasteiger partial charge is 0.307 e. The predicted molar refractivity (Wildman–Crippen MR) is 60.8 cm³/mol. The van der Waals surface area contributed by atoms with Crippen LogP contribution < -0.4 is 0 Å². The second-order valence-electron chi connectivity index (χ2n) is 3.79. The third kappa shape index (κ3) is 2.52. The SMILES string of the molecule is O=Cc1ccc(-c2ccc(CC(=O)O)c(F)c2F)o1. The molecule has 2 rings (SSSR count). The molecule has 98 valence electrons. The fourth-order valence-electron chi connectivity index (χ4n) is 1.64. The average Bonchev–Trinajstić information content (AvgIpc) is 2.83. The van der Waals surface area contributed by atoms with Crippen molar-refractivity contribution in [2.75, 3.05) is 0 Å². The summed E-state index contributed by atoms with van der Waals surface area (Å²) in [6.45, 7) is 0. The lowest BCUT2D eigenvalue weighted by Gasteiger charge is -2.05. The number of carboxylic acids is 1. The van der Waals surface area contributed by atoms with E-state index in [0.29, 0.717) is 6.29 Å². The molecule has 0 amide bonds. The molecule has 19 heavy (non-hydrogen) atoms. The molecule has 0 radical (unpaired) electrons. The molecule has 6 heteroatoms. The summed E-state index contributed by atoms with van der Waals surface area (Å²) in [7, 11) is 0. The second-order valence-corrected chi connectivity index (χ2v) is 3.79. The third-order valence-electron chi connectivity index (χ3n) is 2.51. The predicted octanol–water partition coefficient (Wildman–Crippen LogP) is 2.66. The van der Waals surface area contributed by atoms with Crippen molar-refractivity contribution >= 4 is 12.3 Å². The van der Waals surface area contributed by atoms with E-state index < -0.39 is 24.0 Å². The van der Waals surface area contributed by atoms with Gasteiger partial charge in [0.1, 0.15) is 5.76 Å². The van der Waals surface area contributed by atoms with Gasteiger partial charge < -0.3 is 9.52 Å². The van der Waals surface area contributed by atoms with Gasteiger partial charge in [0.15, 0.2) is 23.7 Å². The molecule has 0 unspecified atom stereocenters. The van der Waals surface area contributed by atoms with Gasteiger partial charge in [0, 0.05) is 5.56 Å². The summed E-state index contributed by atoms with van der Waals surface area (Å²) in [5, 5.41) is 8.56. The van der Waals surface area contributed by atoms with Gasteiger partial charge in [-0.2, -0.15) is 0 Å². The first-order chi connectivity index (χ1) is 9.02. The Hall–Kier alpha value is -2.50. The highest BCUT2D eigenvalue weighted by molar-refractivity contribution is 5.73. The molecule has 0 fully saturated rings. The highest BCUT2D eigenvalue weighted by atomic mass is 19.2. The van der Waals surface area contributed by atoms with Gasteiger partial charge in [-0.1, -0.05) is 6.07 Å². The maximum atomic E-state index is 13.8. The van der Waals surface area contributed by atoms with Crippen LogP contribution in [0.4, 0.5) is 8.78 Å². The molecule has 0 aliphatic carbocycles. The van der Waals surface area contributed by atoms with Gasteiger partial charge in [0.2, 0.25) is 0 Å². The van der Waals surface area contributed by atoms with E-state index >= 15 is 0 Å². The number of carbonyl (C=O) groups excluding carboxylic acids is 1. The van der Waals surface area contributed by atoms with E-state index in [1.54, 1.807) is 0 Å². The Bertz CT molecular complexity index is 646. The van der Waals surface area contributed by atoms with E-state index in [-0.39, 0.29) is 22.6 Å². The van der Waals surface area contributed by atoms with Crippen LogP contribution in [0.3, 0.4) is 0 Å². The molecule has 1 aromatic heterocycles. The first kappa shape index (κ1) is 12.9. The Labute approximate surface area is 106 Å². The van der Waals surface area contributed by atoms with Crippen molar-refractivity contribution in [3.05, 3.63) is 47.2 Å². The Kier molecular flexibility index (Phi) is 3.41.